The van der Waals surface area contributed by atoms with Gasteiger partial charge in [0.1, 0.15) is 17.2 Å². The summed E-state index contributed by atoms with van der Waals surface area (Å²) in [6, 6.07) is 13.6. The third-order valence-electron chi connectivity index (χ3n) is 6.20. The number of rotatable bonds is 4. The summed E-state index contributed by atoms with van der Waals surface area (Å²) in [5.74, 6) is 0.860. The van der Waals surface area contributed by atoms with Crippen LogP contribution in [0, 0.1) is 0 Å². The molecule has 2 aromatic carbocycles. The number of carbonyl (C=O) groups is 1. The van der Waals surface area contributed by atoms with E-state index in [4.69, 9.17) is 28.2 Å². The van der Waals surface area contributed by atoms with Crippen LogP contribution in [0.1, 0.15) is 0 Å². The van der Waals surface area contributed by atoms with Gasteiger partial charge in [0.05, 0.1) is 32.1 Å². The molecule has 0 bridgehead atoms. The van der Waals surface area contributed by atoms with Crippen molar-refractivity contribution in [2.45, 2.75) is 6.54 Å². The third-order valence-corrected chi connectivity index (χ3v) is 7.81. The number of H-pyrrole nitrogens is 1. The number of halogens is 2. The largest absolute Gasteiger partial charge is 0.358 e. The molecule has 0 saturated carbocycles. The highest BCUT2D eigenvalue weighted by atomic mass is 35.5. The molecular formula is C24H20Cl2N6OS. The van der Waals surface area contributed by atoms with Gasteiger partial charge < -0.3 is 19.4 Å². The summed E-state index contributed by atoms with van der Waals surface area (Å²) in [4.78, 5) is 29.9. The highest BCUT2D eigenvalue weighted by Crippen LogP contribution is 2.34. The standard InChI is InChI=1S/C24H20Cl2N6OS/c25-16-11-15-5-6-32(20(15)12-17(16)26)13-21(33)30-7-9-31(10-8-30)24-22(27-14-34-24)23-28-18-3-1-2-4-19(18)29-23/h1-6,11-12,14H,7-10,13H2,(H,28,29). The van der Waals surface area contributed by atoms with E-state index in [2.05, 4.69) is 14.9 Å². The SMILES string of the molecule is O=C(Cn1ccc2cc(Cl)c(Cl)cc21)N1CCN(c2scnc2-c2nc3ccccc3[nH]2)CC1. The van der Waals surface area contributed by atoms with Gasteiger partial charge in [-0.25, -0.2) is 9.97 Å². The highest BCUT2D eigenvalue weighted by Gasteiger charge is 2.25. The number of thiazole rings is 1. The van der Waals surface area contributed by atoms with Crippen LogP contribution in [0.4, 0.5) is 5.00 Å². The first-order valence-corrected chi connectivity index (χ1v) is 12.6. The number of nitrogens with one attached hydrogen (secondary N) is 1. The van der Waals surface area contributed by atoms with Crippen molar-refractivity contribution in [2.75, 3.05) is 31.1 Å². The van der Waals surface area contributed by atoms with Crippen LogP contribution in [-0.4, -0.2) is 56.5 Å². The fourth-order valence-electron chi connectivity index (χ4n) is 4.42. The van der Waals surface area contributed by atoms with E-state index in [1.165, 1.54) is 0 Å². The molecule has 172 valence electrons. The van der Waals surface area contributed by atoms with E-state index in [-0.39, 0.29) is 12.5 Å². The zero-order valence-corrected chi connectivity index (χ0v) is 20.4. The monoisotopic (exact) mass is 510 g/mol. The Morgan fingerprint density at radius 1 is 1.06 bits per heavy atom. The Morgan fingerprint density at radius 2 is 1.85 bits per heavy atom. The molecule has 7 nitrogen and oxygen atoms in total. The Morgan fingerprint density at radius 3 is 2.68 bits per heavy atom. The molecule has 1 aliphatic heterocycles. The van der Waals surface area contributed by atoms with Gasteiger partial charge in [0.25, 0.3) is 0 Å². The molecule has 1 N–H and O–H groups in total. The van der Waals surface area contributed by atoms with E-state index < -0.39 is 0 Å². The van der Waals surface area contributed by atoms with Crippen LogP contribution in [0.15, 0.2) is 54.2 Å². The second-order valence-electron chi connectivity index (χ2n) is 8.25. The van der Waals surface area contributed by atoms with Crippen LogP contribution in [0.25, 0.3) is 33.5 Å². The summed E-state index contributed by atoms with van der Waals surface area (Å²) in [5.41, 5.74) is 5.53. The predicted molar refractivity (Wildman–Crippen MR) is 138 cm³/mol. The van der Waals surface area contributed by atoms with Crippen LogP contribution >= 0.6 is 34.5 Å². The minimum Gasteiger partial charge on any atom is -0.358 e. The lowest BCUT2D eigenvalue weighted by Gasteiger charge is -2.35. The van der Waals surface area contributed by atoms with Crippen LogP contribution < -0.4 is 4.90 Å². The number of benzene rings is 2. The van der Waals surface area contributed by atoms with E-state index in [0.29, 0.717) is 23.1 Å². The molecule has 0 spiro atoms. The van der Waals surface area contributed by atoms with Gasteiger partial charge in [-0.2, -0.15) is 0 Å². The second-order valence-corrected chi connectivity index (χ2v) is 9.89. The molecule has 0 aliphatic carbocycles. The molecule has 3 aromatic heterocycles. The zero-order chi connectivity index (χ0) is 23.2. The van der Waals surface area contributed by atoms with Gasteiger partial charge in [-0.05, 0) is 30.3 Å². The average Bonchev–Trinajstić information content (AvgIpc) is 3.58. The Labute approximate surface area is 209 Å². The lowest BCUT2D eigenvalue weighted by atomic mass is 10.2. The van der Waals surface area contributed by atoms with Crippen molar-refractivity contribution in [1.29, 1.82) is 0 Å². The van der Waals surface area contributed by atoms with Crippen LogP contribution in [0.2, 0.25) is 10.0 Å². The Bertz CT molecular complexity index is 1480. The zero-order valence-electron chi connectivity index (χ0n) is 18.0. The maximum absolute atomic E-state index is 13.0. The molecule has 0 radical (unpaired) electrons. The highest BCUT2D eigenvalue weighted by molar-refractivity contribution is 7.14. The molecule has 1 aliphatic rings. The number of aromatic nitrogens is 4. The first kappa shape index (κ1) is 21.5. The lowest BCUT2D eigenvalue weighted by molar-refractivity contribution is -0.132. The number of nitrogens with zero attached hydrogens (tertiary/aromatic N) is 5. The molecule has 1 fully saturated rings. The molecule has 0 atom stereocenters. The summed E-state index contributed by atoms with van der Waals surface area (Å²) in [5, 5.41) is 3.05. The first-order valence-electron chi connectivity index (χ1n) is 10.9. The van der Waals surface area contributed by atoms with Crippen molar-refractivity contribution < 1.29 is 4.79 Å². The van der Waals surface area contributed by atoms with Gasteiger partial charge in [-0.15, -0.1) is 11.3 Å². The minimum atomic E-state index is 0.0880. The van der Waals surface area contributed by atoms with Gasteiger partial charge >= 0.3 is 0 Å². The number of amides is 1. The fourth-order valence-corrected chi connectivity index (χ4v) is 5.60. The van der Waals surface area contributed by atoms with E-state index in [9.17, 15) is 4.79 Å². The van der Waals surface area contributed by atoms with Gasteiger partial charge in [0, 0.05) is 37.8 Å². The number of hydrogen-bond donors (Lipinski definition) is 1. The van der Waals surface area contributed by atoms with Crippen molar-refractivity contribution in [3.8, 4) is 11.5 Å². The molecule has 5 aromatic rings. The Hall–Kier alpha value is -3.07. The average molecular weight is 511 g/mol. The number of imidazole rings is 1. The minimum absolute atomic E-state index is 0.0880. The summed E-state index contributed by atoms with van der Waals surface area (Å²) < 4.78 is 1.93. The maximum Gasteiger partial charge on any atom is 0.242 e. The summed E-state index contributed by atoms with van der Waals surface area (Å²) >= 11 is 13.9. The van der Waals surface area contributed by atoms with E-state index in [1.54, 1.807) is 11.3 Å². The van der Waals surface area contributed by atoms with Crippen molar-refractivity contribution in [3.63, 3.8) is 0 Å². The number of anilines is 1. The van der Waals surface area contributed by atoms with E-state index in [1.807, 2.05) is 63.6 Å². The molecule has 0 unspecified atom stereocenters. The number of hydrogen-bond acceptors (Lipinski definition) is 5. The van der Waals surface area contributed by atoms with Crippen molar-refractivity contribution in [1.82, 2.24) is 24.4 Å². The molecule has 4 heterocycles. The van der Waals surface area contributed by atoms with Gasteiger partial charge in [0.15, 0.2) is 5.82 Å². The molecule has 1 saturated heterocycles. The quantitative estimate of drug-likeness (QED) is 0.356. The number of aromatic amines is 1. The van der Waals surface area contributed by atoms with Crippen LogP contribution in [0.3, 0.4) is 0 Å². The summed E-state index contributed by atoms with van der Waals surface area (Å²) in [7, 11) is 0. The topological polar surface area (TPSA) is 70.1 Å². The van der Waals surface area contributed by atoms with Crippen molar-refractivity contribution >= 4 is 67.4 Å². The molecule has 6 rings (SSSR count). The lowest BCUT2D eigenvalue weighted by Crippen LogP contribution is -2.49. The smallest absolute Gasteiger partial charge is 0.242 e. The molecule has 10 heteroatoms. The Balaban J connectivity index is 1.15. The predicted octanol–water partition coefficient (Wildman–Crippen LogP) is 5.30. The fraction of sp³-hybridized carbons (Fsp3) is 0.208. The van der Waals surface area contributed by atoms with E-state index in [0.717, 1.165) is 51.5 Å². The summed E-state index contributed by atoms with van der Waals surface area (Å²) in [6.07, 6.45) is 1.91. The van der Waals surface area contributed by atoms with Gasteiger partial charge in [-0.3, -0.25) is 4.79 Å². The van der Waals surface area contributed by atoms with Crippen LogP contribution in [-0.2, 0) is 11.3 Å². The Kier molecular flexibility index (Phi) is 5.44. The second kappa shape index (κ2) is 8.61. The normalized spacial score (nSPS) is 14.4. The van der Waals surface area contributed by atoms with Gasteiger partial charge in [0.2, 0.25) is 5.91 Å². The number of piperazine rings is 1. The number of fused-ring (bicyclic) bond motifs is 2. The van der Waals surface area contributed by atoms with Crippen molar-refractivity contribution in [3.05, 3.63) is 64.2 Å². The van der Waals surface area contributed by atoms with Gasteiger partial charge in [-0.1, -0.05) is 35.3 Å². The number of para-hydroxylation sites is 2. The van der Waals surface area contributed by atoms with Crippen molar-refractivity contribution in [2.24, 2.45) is 0 Å². The van der Waals surface area contributed by atoms with Crippen LogP contribution in [0.5, 0.6) is 0 Å². The molecule has 1 amide bonds. The number of carbonyl (C=O) groups excluding carboxylic acids is 1. The van der Waals surface area contributed by atoms with E-state index >= 15 is 0 Å². The summed E-state index contributed by atoms with van der Waals surface area (Å²) in [6.45, 7) is 3.07. The molecule has 34 heavy (non-hydrogen) atoms. The third kappa shape index (κ3) is 3.81. The maximum atomic E-state index is 13.0. The first-order chi connectivity index (χ1) is 16.6. The molecular weight excluding hydrogens is 491 g/mol.